The Morgan fingerprint density at radius 2 is 1.22 bits per heavy atom. The van der Waals surface area contributed by atoms with Crippen molar-refractivity contribution in [1.82, 2.24) is 0 Å². The second-order valence-corrected chi connectivity index (χ2v) is 2.12. The van der Waals surface area contributed by atoms with Crippen molar-refractivity contribution in [3.05, 3.63) is 0 Å². The summed E-state index contributed by atoms with van der Waals surface area (Å²) >= 11 is 0. The van der Waals surface area contributed by atoms with Crippen LogP contribution in [0, 0.1) is 0 Å². The summed E-state index contributed by atoms with van der Waals surface area (Å²) in [6.07, 6.45) is 0. The number of rotatable bonds is 0. The molecule has 5 N–H and O–H groups in total. The molecule has 0 atom stereocenters. The fraction of sp³-hybridized carbons (Fsp3) is 1.00. The zero-order chi connectivity index (χ0) is 7.21. The molecule has 0 aliphatic rings. The van der Waals surface area contributed by atoms with Gasteiger partial charge < -0.3 is 27.1 Å². The number of hydrogen-bond donors (Lipinski definition) is 5. The number of hydrogen-bond acceptors (Lipinski definition) is 5. The molecule has 56 valence electrons. The van der Waals surface area contributed by atoms with E-state index in [1.807, 2.05) is 0 Å². The van der Waals surface area contributed by atoms with E-state index in [-0.39, 0.29) is 32.5 Å². The molecule has 0 rings (SSSR count). The number of aliphatic hydroxyl groups is 1. The maximum absolute atomic E-state index is 7.57. The summed E-state index contributed by atoms with van der Waals surface area (Å²) in [7, 11) is -4.61. The van der Waals surface area contributed by atoms with Crippen molar-refractivity contribution in [2.24, 2.45) is 0 Å². The Hall–Kier alpha value is 0.783. The van der Waals surface area contributed by atoms with Crippen LogP contribution in [0.25, 0.3) is 0 Å². The first kappa shape index (κ1) is 16.4. The molecule has 0 radical (unpaired) electrons. The molecule has 5 nitrogen and oxygen atoms in total. The summed E-state index contributed by atoms with van der Waals surface area (Å²) in [5.74, 6) is 0. The van der Waals surface area contributed by atoms with Gasteiger partial charge in [0, 0.05) is 6.61 Å². The average Bonchev–Trinajstić information content (AvgIpc) is 1.27. The van der Waals surface area contributed by atoms with Crippen molar-refractivity contribution in [2.75, 3.05) is 6.61 Å². The molecule has 7 heteroatoms. The molecule has 0 aromatic rings. The van der Waals surface area contributed by atoms with Gasteiger partial charge in [-0.1, -0.05) is 0 Å². The van der Waals surface area contributed by atoms with Gasteiger partial charge in [-0.25, -0.2) is 0 Å². The normalized spacial score (nSPS) is 8.67. The second-order valence-electron chi connectivity index (χ2n) is 0.916. The summed E-state index contributed by atoms with van der Waals surface area (Å²) in [6.45, 7) is 1.93. The molecule has 0 aliphatic carbocycles. The van der Waals surface area contributed by atoms with Crippen molar-refractivity contribution in [3.63, 3.8) is 0 Å². The standard InChI is InChI=1S/C2H6O.Mg.H4O4Si.2H/c1-2-3;;1-5(2,3)4;;/h3H,2H2,1H3;;1-4H;;/q;+2;;2*-1. The van der Waals surface area contributed by atoms with Crippen molar-refractivity contribution in [3.8, 4) is 0 Å². The predicted octanol–water partition coefficient (Wildman–Crippen LogP) is -2.77. The summed E-state index contributed by atoms with van der Waals surface area (Å²) in [5.41, 5.74) is 0. The quantitative estimate of drug-likeness (QED) is 0.252. The molecule has 0 heterocycles. The number of aliphatic hydroxyl groups excluding tert-OH is 1. The third kappa shape index (κ3) is 659. The van der Waals surface area contributed by atoms with Crippen LogP contribution in [0.4, 0.5) is 0 Å². The van der Waals surface area contributed by atoms with Gasteiger partial charge in [-0.15, -0.1) is 0 Å². The molecule has 0 aliphatic heterocycles. The van der Waals surface area contributed by atoms with Crippen LogP contribution in [-0.2, 0) is 0 Å². The molecule has 0 saturated carbocycles. The molecule has 0 spiro atoms. The first-order valence-corrected chi connectivity index (χ1v) is 3.71. The van der Waals surface area contributed by atoms with Crippen LogP contribution >= 0.6 is 0 Å². The van der Waals surface area contributed by atoms with E-state index in [2.05, 4.69) is 0 Å². The SMILES string of the molecule is CCO.O[Si](O)(O)O.[H-].[H-].[Mg+2]. The van der Waals surface area contributed by atoms with E-state index in [9.17, 15) is 0 Å². The monoisotopic (exact) mass is 168 g/mol. The summed E-state index contributed by atoms with van der Waals surface area (Å²) in [6, 6.07) is 0. The van der Waals surface area contributed by atoms with Gasteiger partial charge in [-0.2, -0.15) is 0 Å². The van der Waals surface area contributed by atoms with Gasteiger partial charge in [-0.05, 0) is 6.92 Å². The summed E-state index contributed by atoms with van der Waals surface area (Å²) in [4.78, 5) is 29.3. The van der Waals surface area contributed by atoms with Crippen LogP contribution in [0.2, 0.25) is 0 Å². The Balaban J connectivity index is -0.0000000183. The van der Waals surface area contributed by atoms with E-state index in [1.165, 1.54) is 0 Å². The van der Waals surface area contributed by atoms with Gasteiger partial charge in [0.2, 0.25) is 0 Å². The Kier molecular flexibility index (Phi) is 16.0. The summed E-state index contributed by atoms with van der Waals surface area (Å²) < 4.78 is 0. The minimum Gasteiger partial charge on any atom is -1.00 e. The fourth-order valence-electron chi connectivity index (χ4n) is 0. The predicted molar refractivity (Wildman–Crippen MR) is 35.4 cm³/mol. The van der Waals surface area contributed by atoms with Gasteiger partial charge >= 0.3 is 32.1 Å². The van der Waals surface area contributed by atoms with E-state index in [0.29, 0.717) is 0 Å². The first-order valence-electron chi connectivity index (χ1n) is 1.92. The smallest absolute Gasteiger partial charge is 1.00 e. The average molecular weight is 169 g/mol. The van der Waals surface area contributed by atoms with Gasteiger partial charge in [0.1, 0.15) is 0 Å². The second kappa shape index (κ2) is 8.78. The Labute approximate surface area is 73.2 Å². The zero-order valence-corrected chi connectivity index (χ0v) is 7.56. The van der Waals surface area contributed by atoms with Gasteiger partial charge in [-0.3, -0.25) is 0 Å². The molecular weight excluding hydrogens is 156 g/mol. The van der Waals surface area contributed by atoms with Gasteiger partial charge in [0.05, 0.1) is 0 Å². The molecule has 0 fully saturated rings. The van der Waals surface area contributed by atoms with E-state index >= 15 is 0 Å². The van der Waals surface area contributed by atoms with Gasteiger partial charge in [0.25, 0.3) is 0 Å². The molecule has 9 heavy (non-hydrogen) atoms. The van der Waals surface area contributed by atoms with Gasteiger partial charge in [0.15, 0.2) is 0 Å². The third-order valence-electron chi connectivity index (χ3n) is 0. The zero-order valence-electron chi connectivity index (χ0n) is 7.15. The van der Waals surface area contributed by atoms with E-state index in [4.69, 9.17) is 24.3 Å². The van der Waals surface area contributed by atoms with Crippen molar-refractivity contribution in [2.45, 2.75) is 6.92 Å². The molecule has 0 aromatic heterocycles. The fourth-order valence-corrected chi connectivity index (χ4v) is 0. The molecule has 0 amide bonds. The van der Waals surface area contributed by atoms with E-state index < -0.39 is 9.05 Å². The van der Waals surface area contributed by atoms with Crippen LogP contribution in [0.3, 0.4) is 0 Å². The molecular formula is C2H12MgO5Si. The first-order chi connectivity index (χ1) is 3.41. The molecule has 0 saturated heterocycles. The Morgan fingerprint density at radius 1 is 1.22 bits per heavy atom. The van der Waals surface area contributed by atoms with Crippen LogP contribution in [0.15, 0.2) is 0 Å². The van der Waals surface area contributed by atoms with Crippen molar-refractivity contribution in [1.29, 1.82) is 0 Å². The van der Waals surface area contributed by atoms with E-state index in [0.717, 1.165) is 0 Å². The Morgan fingerprint density at radius 3 is 1.22 bits per heavy atom. The molecule has 0 unspecified atom stereocenters. The Bertz CT molecular complexity index is 46.2. The summed E-state index contributed by atoms with van der Waals surface area (Å²) in [5, 5.41) is 7.57. The van der Waals surface area contributed by atoms with E-state index in [1.54, 1.807) is 6.92 Å². The van der Waals surface area contributed by atoms with Crippen LogP contribution in [0.1, 0.15) is 9.78 Å². The maximum Gasteiger partial charge on any atom is 2.00 e. The van der Waals surface area contributed by atoms with Crippen LogP contribution in [-0.4, -0.2) is 63.0 Å². The van der Waals surface area contributed by atoms with Crippen molar-refractivity contribution >= 4 is 32.1 Å². The van der Waals surface area contributed by atoms with Crippen LogP contribution in [0.5, 0.6) is 0 Å². The van der Waals surface area contributed by atoms with Crippen molar-refractivity contribution < 1.29 is 27.1 Å². The third-order valence-corrected chi connectivity index (χ3v) is 0. The largest absolute Gasteiger partial charge is 2.00 e. The maximum atomic E-state index is 7.57. The van der Waals surface area contributed by atoms with Crippen LogP contribution < -0.4 is 0 Å². The topological polar surface area (TPSA) is 101 Å². The molecule has 0 aromatic carbocycles. The molecule has 0 bridgehead atoms. The minimum atomic E-state index is -4.61. The minimum absolute atomic E-state index is 0.